The van der Waals surface area contributed by atoms with Gasteiger partial charge < -0.3 is 5.73 Å². The fourth-order valence-corrected chi connectivity index (χ4v) is 1.53. The summed E-state index contributed by atoms with van der Waals surface area (Å²) in [4.78, 5) is 0. The van der Waals surface area contributed by atoms with Crippen LogP contribution in [0.4, 0.5) is 5.82 Å². The molecule has 7 heteroatoms. The molecule has 80 valence electrons. The molecular weight excluding hydrogens is 206 g/mol. The first-order valence-electron chi connectivity index (χ1n) is 4.73. The van der Waals surface area contributed by atoms with Crippen molar-refractivity contribution < 1.29 is 0 Å². The monoisotopic (exact) mass is 215 g/mol. The van der Waals surface area contributed by atoms with Crippen molar-refractivity contribution in [2.24, 2.45) is 0 Å². The Kier molecular flexibility index (Phi) is 1.67. The van der Waals surface area contributed by atoms with Crippen LogP contribution in [0.5, 0.6) is 0 Å². The third-order valence-corrected chi connectivity index (χ3v) is 2.22. The van der Waals surface area contributed by atoms with Crippen molar-refractivity contribution in [3.8, 4) is 5.82 Å². The number of rotatable bonds is 1. The van der Waals surface area contributed by atoms with E-state index in [4.69, 9.17) is 5.73 Å². The smallest absolute Gasteiger partial charge is 0.177 e. The average Bonchev–Trinajstić information content (AvgIpc) is 2.83. The van der Waals surface area contributed by atoms with E-state index in [2.05, 4.69) is 20.4 Å². The van der Waals surface area contributed by atoms with Gasteiger partial charge in [-0.1, -0.05) is 0 Å². The molecule has 16 heavy (non-hydrogen) atoms. The third-order valence-electron chi connectivity index (χ3n) is 2.22. The molecule has 3 rings (SSSR count). The van der Waals surface area contributed by atoms with Crippen molar-refractivity contribution in [3.63, 3.8) is 0 Å². The Labute approximate surface area is 90.5 Å². The summed E-state index contributed by atoms with van der Waals surface area (Å²) in [5, 5.41) is 16.2. The van der Waals surface area contributed by atoms with E-state index in [1.807, 2.05) is 13.0 Å². The largest absolute Gasteiger partial charge is 0.384 e. The zero-order valence-electron chi connectivity index (χ0n) is 8.57. The lowest BCUT2D eigenvalue weighted by Gasteiger charge is -2.02. The van der Waals surface area contributed by atoms with Gasteiger partial charge in [0.2, 0.25) is 0 Å². The molecule has 0 aliphatic heterocycles. The second-order valence-corrected chi connectivity index (χ2v) is 3.45. The number of nitrogens with zero attached hydrogens (tertiary/aromatic N) is 6. The van der Waals surface area contributed by atoms with Crippen molar-refractivity contribution in [2.75, 3.05) is 5.73 Å². The molecule has 3 aromatic heterocycles. The molecule has 0 spiro atoms. The van der Waals surface area contributed by atoms with Crippen LogP contribution in [-0.4, -0.2) is 29.6 Å². The van der Waals surface area contributed by atoms with Crippen LogP contribution in [0.15, 0.2) is 24.5 Å². The van der Waals surface area contributed by atoms with Crippen LogP contribution in [0.3, 0.4) is 0 Å². The second kappa shape index (κ2) is 3.02. The normalized spacial score (nSPS) is 11.1. The van der Waals surface area contributed by atoms with Gasteiger partial charge in [-0.25, -0.2) is 0 Å². The molecule has 0 unspecified atom stereocenters. The van der Waals surface area contributed by atoms with Gasteiger partial charge in [0.05, 0.1) is 5.69 Å². The molecule has 0 saturated heterocycles. The van der Waals surface area contributed by atoms with E-state index in [1.54, 1.807) is 21.3 Å². The minimum absolute atomic E-state index is 0.553. The molecule has 3 heterocycles. The standard InChI is InChI=1S/C9H9N7/c1-6-4-7(10)16(13-6)9-3-2-8-12-11-5-15(8)14-9/h2-5H,10H2,1H3. The third kappa shape index (κ3) is 1.22. The molecule has 0 aliphatic rings. The topological polar surface area (TPSA) is 86.9 Å². The second-order valence-electron chi connectivity index (χ2n) is 3.45. The lowest BCUT2D eigenvalue weighted by atomic mass is 10.5. The van der Waals surface area contributed by atoms with Crippen molar-refractivity contribution in [1.29, 1.82) is 0 Å². The number of fused-ring (bicyclic) bond motifs is 1. The van der Waals surface area contributed by atoms with Crippen LogP contribution in [0.25, 0.3) is 11.5 Å². The highest BCUT2D eigenvalue weighted by atomic mass is 15.4. The van der Waals surface area contributed by atoms with E-state index in [0.29, 0.717) is 17.3 Å². The molecule has 0 aromatic carbocycles. The Hall–Kier alpha value is -2.44. The van der Waals surface area contributed by atoms with Crippen LogP contribution in [0.2, 0.25) is 0 Å². The Balaban J connectivity index is 2.21. The number of hydrogen-bond acceptors (Lipinski definition) is 5. The zero-order valence-corrected chi connectivity index (χ0v) is 8.57. The Morgan fingerprint density at radius 3 is 2.88 bits per heavy atom. The number of nitrogens with two attached hydrogens (primary N) is 1. The summed E-state index contributed by atoms with van der Waals surface area (Å²) in [6.07, 6.45) is 1.53. The number of nitrogen functional groups attached to an aromatic ring is 1. The summed E-state index contributed by atoms with van der Waals surface area (Å²) in [7, 11) is 0. The minimum atomic E-state index is 0.553. The van der Waals surface area contributed by atoms with Crippen molar-refractivity contribution in [2.45, 2.75) is 6.92 Å². The summed E-state index contributed by atoms with van der Waals surface area (Å²) >= 11 is 0. The first-order chi connectivity index (χ1) is 7.74. The minimum Gasteiger partial charge on any atom is -0.384 e. The quantitative estimate of drug-likeness (QED) is 0.626. The zero-order chi connectivity index (χ0) is 11.1. The maximum atomic E-state index is 5.81. The highest BCUT2D eigenvalue weighted by molar-refractivity contribution is 5.42. The first-order valence-corrected chi connectivity index (χ1v) is 4.73. The van der Waals surface area contributed by atoms with Gasteiger partial charge in [-0.3, -0.25) is 0 Å². The van der Waals surface area contributed by atoms with E-state index < -0.39 is 0 Å². The molecule has 0 atom stereocenters. The van der Waals surface area contributed by atoms with Crippen molar-refractivity contribution in [1.82, 2.24) is 29.6 Å². The molecule has 0 amide bonds. The van der Waals surface area contributed by atoms with Crippen LogP contribution < -0.4 is 5.73 Å². The fourth-order valence-electron chi connectivity index (χ4n) is 1.53. The fraction of sp³-hybridized carbons (Fsp3) is 0.111. The molecule has 0 saturated carbocycles. The SMILES string of the molecule is Cc1cc(N)n(-c2ccc3nncn3n2)n1. The van der Waals surface area contributed by atoms with E-state index in [9.17, 15) is 0 Å². The molecule has 0 radical (unpaired) electrons. The van der Waals surface area contributed by atoms with Crippen LogP contribution in [-0.2, 0) is 0 Å². The first kappa shape index (κ1) is 8.84. The number of aromatic nitrogens is 6. The summed E-state index contributed by atoms with van der Waals surface area (Å²) in [6.45, 7) is 1.88. The summed E-state index contributed by atoms with van der Waals surface area (Å²) in [5.41, 5.74) is 7.35. The summed E-state index contributed by atoms with van der Waals surface area (Å²) < 4.78 is 3.15. The van der Waals surface area contributed by atoms with Crippen molar-refractivity contribution in [3.05, 3.63) is 30.2 Å². The maximum absolute atomic E-state index is 5.81. The highest BCUT2D eigenvalue weighted by Crippen LogP contribution is 2.11. The van der Waals surface area contributed by atoms with E-state index >= 15 is 0 Å². The lowest BCUT2D eigenvalue weighted by molar-refractivity contribution is 0.790. The maximum Gasteiger partial charge on any atom is 0.177 e. The van der Waals surface area contributed by atoms with E-state index in [0.717, 1.165) is 5.69 Å². The summed E-state index contributed by atoms with van der Waals surface area (Å²) in [5.74, 6) is 1.19. The summed E-state index contributed by atoms with van der Waals surface area (Å²) in [6, 6.07) is 5.40. The number of anilines is 1. The van der Waals surface area contributed by atoms with Gasteiger partial charge in [-0.2, -0.15) is 14.3 Å². The molecule has 0 bridgehead atoms. The Bertz CT molecular complexity index is 651. The predicted molar refractivity (Wildman–Crippen MR) is 57.1 cm³/mol. The molecular formula is C9H9N7. The number of hydrogen-bond donors (Lipinski definition) is 1. The Morgan fingerprint density at radius 2 is 2.12 bits per heavy atom. The van der Waals surface area contributed by atoms with Gasteiger partial charge in [0.15, 0.2) is 11.5 Å². The van der Waals surface area contributed by atoms with E-state index in [-0.39, 0.29) is 0 Å². The molecule has 2 N–H and O–H groups in total. The van der Waals surface area contributed by atoms with Crippen LogP contribution in [0.1, 0.15) is 5.69 Å². The van der Waals surface area contributed by atoms with E-state index in [1.165, 1.54) is 6.33 Å². The highest BCUT2D eigenvalue weighted by Gasteiger charge is 2.06. The van der Waals surface area contributed by atoms with Gasteiger partial charge in [0.25, 0.3) is 0 Å². The van der Waals surface area contributed by atoms with Crippen molar-refractivity contribution >= 4 is 11.5 Å². The lowest BCUT2D eigenvalue weighted by Crippen LogP contribution is -2.06. The van der Waals surface area contributed by atoms with Gasteiger partial charge in [-0.15, -0.1) is 15.3 Å². The average molecular weight is 215 g/mol. The Morgan fingerprint density at radius 1 is 1.25 bits per heavy atom. The molecule has 3 aromatic rings. The van der Waals surface area contributed by atoms with Gasteiger partial charge in [0, 0.05) is 6.07 Å². The van der Waals surface area contributed by atoms with Gasteiger partial charge in [0.1, 0.15) is 12.1 Å². The number of aryl methyl sites for hydroxylation is 1. The van der Waals surface area contributed by atoms with Crippen LogP contribution >= 0.6 is 0 Å². The van der Waals surface area contributed by atoms with Gasteiger partial charge >= 0.3 is 0 Å². The van der Waals surface area contributed by atoms with Crippen LogP contribution in [0, 0.1) is 6.92 Å². The molecule has 0 aliphatic carbocycles. The predicted octanol–water partition coefficient (Wildman–Crippen LogP) is 0.201. The molecule has 7 nitrogen and oxygen atoms in total. The molecule has 0 fully saturated rings. The van der Waals surface area contributed by atoms with Gasteiger partial charge in [-0.05, 0) is 19.1 Å².